The second-order valence-electron chi connectivity index (χ2n) is 4.83. The summed E-state index contributed by atoms with van der Waals surface area (Å²) in [4.78, 5) is 5.10. The topological polar surface area (TPSA) is 103 Å². The van der Waals surface area contributed by atoms with Crippen molar-refractivity contribution in [3.05, 3.63) is 64.2 Å². The predicted molar refractivity (Wildman–Crippen MR) is 92.1 cm³/mol. The Bertz CT molecular complexity index is 977. The molecule has 0 aliphatic carbocycles. The molecule has 0 saturated heterocycles. The van der Waals surface area contributed by atoms with E-state index in [2.05, 4.69) is 5.16 Å². The van der Waals surface area contributed by atoms with Crippen molar-refractivity contribution in [2.24, 2.45) is 5.16 Å². The third-order valence-corrected chi connectivity index (χ3v) is 3.18. The summed E-state index contributed by atoms with van der Waals surface area (Å²) in [6.07, 6.45) is -4.52. The molecular formula is C16H11ClF3N3O3S. The molecule has 0 saturated carbocycles. The Morgan fingerprint density at radius 2 is 1.78 bits per heavy atom. The lowest BCUT2D eigenvalue weighted by Crippen LogP contribution is -2.12. The van der Waals surface area contributed by atoms with Crippen molar-refractivity contribution in [3.63, 3.8) is 0 Å². The minimum atomic E-state index is -4.52. The quantitative estimate of drug-likeness (QED) is 0.579. The minimum Gasteiger partial charge on any atom is -0.357 e. The van der Waals surface area contributed by atoms with Gasteiger partial charge in [0.1, 0.15) is 0 Å². The van der Waals surface area contributed by atoms with E-state index in [-0.39, 0.29) is 16.3 Å². The summed E-state index contributed by atoms with van der Waals surface area (Å²) >= 11 is 5.77. The van der Waals surface area contributed by atoms with Crippen molar-refractivity contribution in [2.75, 3.05) is 0 Å². The summed E-state index contributed by atoms with van der Waals surface area (Å²) in [7, 11) is -2.61. The number of nitrogens with zero attached hydrogens (tertiary/aromatic N) is 2. The highest BCUT2D eigenvalue weighted by molar-refractivity contribution is 7.60. The Hall–Kier alpha value is -2.90. The van der Waals surface area contributed by atoms with E-state index in [0.717, 1.165) is 6.07 Å². The van der Waals surface area contributed by atoms with Gasteiger partial charge in [-0.2, -0.15) is 31.6 Å². The van der Waals surface area contributed by atoms with E-state index in [0.29, 0.717) is 11.3 Å². The van der Waals surface area contributed by atoms with Gasteiger partial charge in [-0.15, -0.1) is 0 Å². The lowest BCUT2D eigenvalue weighted by molar-refractivity contribution is -0.137. The number of benzene rings is 2. The summed E-state index contributed by atoms with van der Waals surface area (Å²) in [6.45, 7) is 1.39. The number of nitriles is 1. The van der Waals surface area contributed by atoms with Gasteiger partial charge in [0.2, 0.25) is 0 Å². The van der Waals surface area contributed by atoms with Crippen LogP contribution < -0.4 is 4.84 Å². The van der Waals surface area contributed by atoms with Gasteiger partial charge in [0.25, 0.3) is 0 Å². The standard InChI is InChI=1S/C16H10ClF3N2O.HNO2S/c1-10(22-23-13-5-2-11(9-21)3-6-13)14-8-12(17)4-7-15(14)16(18,19)20;1-4(2)3/h2-8H,1H3;1H/b22-10+;. The fourth-order valence-electron chi connectivity index (χ4n) is 1.82. The number of oxime groups is 1. The highest BCUT2D eigenvalue weighted by atomic mass is 35.5. The number of nitrogens with one attached hydrogen (secondary N) is 1. The maximum atomic E-state index is 13.0. The first kappa shape index (κ1) is 22.1. The van der Waals surface area contributed by atoms with Gasteiger partial charge < -0.3 is 4.84 Å². The molecule has 0 aromatic heterocycles. The van der Waals surface area contributed by atoms with Crippen molar-refractivity contribution in [3.8, 4) is 11.8 Å². The number of hydrogen-bond donors (Lipinski definition) is 1. The third kappa shape index (κ3) is 7.47. The maximum absolute atomic E-state index is 13.0. The second-order valence-corrected chi connectivity index (χ2v) is 5.73. The van der Waals surface area contributed by atoms with Gasteiger partial charge in [0.15, 0.2) is 5.75 Å². The Morgan fingerprint density at radius 1 is 1.22 bits per heavy atom. The lowest BCUT2D eigenvalue weighted by atomic mass is 10.0. The Kier molecular flexibility index (Phi) is 7.96. The molecule has 2 aromatic carbocycles. The monoisotopic (exact) mass is 417 g/mol. The predicted octanol–water partition coefficient (Wildman–Crippen LogP) is 4.66. The summed E-state index contributed by atoms with van der Waals surface area (Å²) < 4.78 is 61.9. The Balaban J connectivity index is 0.000000828. The van der Waals surface area contributed by atoms with Crippen LogP contribution in [0.1, 0.15) is 23.6 Å². The van der Waals surface area contributed by atoms with E-state index in [1.807, 2.05) is 6.07 Å². The van der Waals surface area contributed by atoms with Crippen molar-refractivity contribution < 1.29 is 26.4 Å². The van der Waals surface area contributed by atoms with Gasteiger partial charge in [-0.3, -0.25) is 0 Å². The molecule has 27 heavy (non-hydrogen) atoms. The molecule has 11 heteroatoms. The van der Waals surface area contributed by atoms with Crippen LogP contribution in [0.25, 0.3) is 0 Å². The van der Waals surface area contributed by atoms with Crippen LogP contribution in [0.5, 0.6) is 5.75 Å². The van der Waals surface area contributed by atoms with Crippen LogP contribution in [0, 0.1) is 16.1 Å². The summed E-state index contributed by atoms with van der Waals surface area (Å²) in [5.74, 6) is 0.305. The largest absolute Gasteiger partial charge is 0.417 e. The number of rotatable bonds is 3. The maximum Gasteiger partial charge on any atom is 0.417 e. The SMILES string of the molecule is C/C(=N\Oc1ccc(C#N)cc1)c1cc(Cl)ccc1C(F)(F)F.N=S(=O)=O. The van der Waals surface area contributed by atoms with Crippen molar-refractivity contribution >= 4 is 27.8 Å². The minimum absolute atomic E-state index is 0.0317. The summed E-state index contributed by atoms with van der Waals surface area (Å²) in [5.41, 5.74) is -0.526. The summed E-state index contributed by atoms with van der Waals surface area (Å²) in [6, 6.07) is 11.2. The highest BCUT2D eigenvalue weighted by Gasteiger charge is 2.34. The molecule has 0 fully saturated rings. The number of hydrogen-bond acceptors (Lipinski definition) is 6. The fraction of sp³-hybridized carbons (Fsp3) is 0.125. The zero-order chi connectivity index (χ0) is 20.6. The molecule has 0 amide bonds. The lowest BCUT2D eigenvalue weighted by Gasteiger charge is -2.12. The molecule has 0 atom stereocenters. The molecule has 2 rings (SSSR count). The van der Waals surface area contributed by atoms with Crippen molar-refractivity contribution in [2.45, 2.75) is 13.1 Å². The molecule has 0 aliphatic rings. The second kappa shape index (κ2) is 9.70. The summed E-state index contributed by atoms with van der Waals surface area (Å²) in [5, 5.41) is 12.6. The van der Waals surface area contributed by atoms with Crippen molar-refractivity contribution in [1.82, 2.24) is 0 Å². The molecule has 0 bridgehead atoms. The van der Waals surface area contributed by atoms with Crippen LogP contribution in [0.15, 0.2) is 47.6 Å². The average molecular weight is 418 g/mol. The average Bonchev–Trinajstić information content (AvgIpc) is 2.58. The molecule has 0 spiro atoms. The molecular weight excluding hydrogens is 407 g/mol. The third-order valence-electron chi connectivity index (χ3n) is 2.95. The highest BCUT2D eigenvalue weighted by Crippen LogP contribution is 2.33. The normalized spacial score (nSPS) is 11.0. The number of alkyl halides is 3. The van der Waals surface area contributed by atoms with Gasteiger partial charge in [-0.1, -0.05) is 16.8 Å². The molecule has 142 valence electrons. The zero-order valence-corrected chi connectivity index (χ0v) is 15.2. The van der Waals surface area contributed by atoms with Crippen molar-refractivity contribution in [1.29, 1.82) is 10.0 Å². The van der Waals surface area contributed by atoms with E-state index in [1.54, 1.807) is 0 Å². The Labute approximate surface area is 158 Å². The van der Waals surface area contributed by atoms with Crippen LogP contribution in [0.4, 0.5) is 13.2 Å². The van der Waals surface area contributed by atoms with Gasteiger partial charge in [0, 0.05) is 10.6 Å². The van der Waals surface area contributed by atoms with Gasteiger partial charge >= 0.3 is 16.7 Å². The van der Waals surface area contributed by atoms with E-state index < -0.39 is 22.2 Å². The first-order valence-electron chi connectivity index (χ1n) is 6.94. The van der Waals surface area contributed by atoms with Gasteiger partial charge in [-0.25, -0.2) is 0 Å². The van der Waals surface area contributed by atoms with Crippen LogP contribution in [-0.4, -0.2) is 14.1 Å². The number of halogens is 4. The first-order chi connectivity index (χ1) is 12.5. The van der Waals surface area contributed by atoms with Crippen LogP contribution >= 0.6 is 11.6 Å². The molecule has 0 radical (unpaired) electrons. The van der Waals surface area contributed by atoms with Gasteiger partial charge in [0.05, 0.1) is 22.9 Å². The van der Waals surface area contributed by atoms with E-state index in [9.17, 15) is 13.2 Å². The van der Waals surface area contributed by atoms with E-state index >= 15 is 0 Å². The van der Waals surface area contributed by atoms with E-state index in [4.69, 9.17) is 34.9 Å². The van der Waals surface area contributed by atoms with Crippen LogP contribution in [0.3, 0.4) is 0 Å². The molecule has 1 N–H and O–H groups in total. The smallest absolute Gasteiger partial charge is 0.357 e. The first-order valence-corrected chi connectivity index (χ1v) is 8.39. The van der Waals surface area contributed by atoms with Crippen LogP contribution in [0.2, 0.25) is 5.02 Å². The zero-order valence-electron chi connectivity index (χ0n) is 13.6. The Morgan fingerprint density at radius 3 is 2.26 bits per heavy atom. The fourth-order valence-corrected chi connectivity index (χ4v) is 2.00. The molecule has 0 aliphatic heterocycles. The van der Waals surface area contributed by atoms with Crippen LogP contribution in [-0.2, 0) is 16.7 Å². The molecule has 0 heterocycles. The van der Waals surface area contributed by atoms with Gasteiger partial charge in [-0.05, 0) is 49.4 Å². The van der Waals surface area contributed by atoms with E-state index in [1.165, 1.54) is 43.3 Å². The molecule has 2 aromatic rings. The molecule has 0 unspecified atom stereocenters. The molecule has 6 nitrogen and oxygen atoms in total.